The lowest BCUT2D eigenvalue weighted by Gasteiger charge is -2.44. The van der Waals surface area contributed by atoms with Crippen LogP contribution in [0, 0.1) is 16.7 Å². The Morgan fingerprint density at radius 2 is 1.52 bits per heavy atom. The molecule has 0 N–H and O–H groups in total. The molecular formula is C22H23O2P. The highest BCUT2D eigenvalue weighted by molar-refractivity contribution is 7.75. The van der Waals surface area contributed by atoms with Gasteiger partial charge in [-0.25, -0.2) is 0 Å². The highest BCUT2D eigenvalue weighted by atomic mass is 31.1. The molecule has 128 valence electrons. The molecule has 25 heavy (non-hydrogen) atoms. The van der Waals surface area contributed by atoms with Crippen molar-refractivity contribution in [3.8, 4) is 0 Å². The molecule has 0 aromatic heterocycles. The molecule has 3 fully saturated rings. The van der Waals surface area contributed by atoms with Crippen molar-refractivity contribution in [3.05, 3.63) is 60.7 Å². The number of ether oxygens (including phenoxy) is 1. The van der Waals surface area contributed by atoms with Crippen molar-refractivity contribution in [2.75, 3.05) is 6.61 Å². The molecule has 4 atom stereocenters. The largest absolute Gasteiger partial charge is 0.361 e. The minimum atomic E-state index is -0.884. The molecule has 2 aromatic rings. The van der Waals surface area contributed by atoms with Crippen molar-refractivity contribution in [1.82, 2.24) is 0 Å². The molecule has 3 aliphatic rings. The van der Waals surface area contributed by atoms with Gasteiger partial charge in [0.25, 0.3) is 0 Å². The average Bonchev–Trinajstić information content (AvgIpc) is 3.14. The Labute approximate surface area is 150 Å². The van der Waals surface area contributed by atoms with Crippen LogP contribution in [-0.2, 0) is 9.53 Å². The fraction of sp³-hybridized carbons (Fsp3) is 0.409. The van der Waals surface area contributed by atoms with Crippen LogP contribution in [0.2, 0.25) is 0 Å². The number of benzene rings is 2. The number of carbonyl (C=O) groups excluding carboxylic acids is 1. The Kier molecular flexibility index (Phi) is 3.16. The van der Waals surface area contributed by atoms with Crippen LogP contribution in [0.1, 0.15) is 26.7 Å². The average molecular weight is 350 g/mol. The van der Waals surface area contributed by atoms with Gasteiger partial charge in [-0.2, -0.15) is 0 Å². The van der Waals surface area contributed by atoms with Gasteiger partial charge in [-0.05, 0) is 31.4 Å². The van der Waals surface area contributed by atoms with Crippen LogP contribution in [0.25, 0.3) is 0 Å². The van der Waals surface area contributed by atoms with Crippen LogP contribution in [0.4, 0.5) is 0 Å². The minimum Gasteiger partial charge on any atom is -0.361 e. The first-order chi connectivity index (χ1) is 12.0. The molecule has 2 nitrogen and oxygen atoms in total. The lowest BCUT2D eigenvalue weighted by Crippen LogP contribution is -2.52. The van der Waals surface area contributed by atoms with E-state index in [1.807, 2.05) is 12.1 Å². The molecule has 1 aliphatic heterocycles. The molecule has 2 aliphatic carbocycles. The molecule has 0 spiro atoms. The van der Waals surface area contributed by atoms with Gasteiger partial charge in [0.15, 0.2) is 11.1 Å². The molecule has 2 aromatic carbocycles. The predicted octanol–water partition coefficient (Wildman–Crippen LogP) is 3.85. The quantitative estimate of drug-likeness (QED) is 0.786. The molecule has 5 rings (SSSR count). The highest BCUT2D eigenvalue weighted by Gasteiger charge is 2.81. The van der Waals surface area contributed by atoms with Gasteiger partial charge < -0.3 is 4.74 Å². The summed E-state index contributed by atoms with van der Waals surface area (Å²) in [5.74, 6) is 0.702. The van der Waals surface area contributed by atoms with Crippen LogP contribution in [-0.4, -0.2) is 17.7 Å². The molecule has 1 heterocycles. The number of rotatable bonds is 3. The number of hydrogen-bond donors (Lipinski definition) is 0. The van der Waals surface area contributed by atoms with Gasteiger partial charge >= 0.3 is 0 Å². The maximum Gasteiger partial charge on any atom is 0.176 e. The molecule has 4 bridgehead atoms. The molecular weight excluding hydrogens is 327 g/mol. The molecule has 0 radical (unpaired) electrons. The zero-order chi connectivity index (χ0) is 17.3. The Hall–Kier alpha value is -1.50. The molecule has 2 saturated carbocycles. The zero-order valence-corrected chi connectivity index (χ0v) is 15.6. The second-order valence-corrected chi connectivity index (χ2v) is 10.5. The fourth-order valence-corrected chi connectivity index (χ4v) is 9.05. The maximum absolute atomic E-state index is 13.8. The summed E-state index contributed by atoms with van der Waals surface area (Å²) < 4.78 is 6.50. The standard InChI is InChI=1S/C22H23O2P/c1-20-14-13-18-21(20,2)15-24-22(18,19(20)23)25(16-9-5-3-6-10-16)17-11-7-4-8-12-17/h3-12,18H,13-15H2,1-2H3/t18-,20+,21-,22+/m0/s1. The van der Waals surface area contributed by atoms with Crippen molar-refractivity contribution in [3.63, 3.8) is 0 Å². The third kappa shape index (κ3) is 1.70. The van der Waals surface area contributed by atoms with E-state index in [1.165, 1.54) is 10.6 Å². The van der Waals surface area contributed by atoms with E-state index >= 15 is 0 Å². The van der Waals surface area contributed by atoms with Crippen molar-refractivity contribution in [1.29, 1.82) is 0 Å². The molecule has 3 heteroatoms. The summed E-state index contributed by atoms with van der Waals surface area (Å²) in [4.78, 5) is 13.8. The highest BCUT2D eigenvalue weighted by Crippen LogP contribution is 2.78. The van der Waals surface area contributed by atoms with Gasteiger partial charge in [-0.15, -0.1) is 0 Å². The van der Waals surface area contributed by atoms with Crippen molar-refractivity contribution < 1.29 is 9.53 Å². The first-order valence-corrected chi connectivity index (χ1v) is 10.5. The van der Waals surface area contributed by atoms with Crippen LogP contribution < -0.4 is 10.6 Å². The Balaban J connectivity index is 1.75. The minimum absolute atomic E-state index is 0.00573. The summed E-state index contributed by atoms with van der Waals surface area (Å²) in [5, 5.41) is 1.86. The van der Waals surface area contributed by atoms with Crippen molar-refractivity contribution in [2.24, 2.45) is 16.7 Å². The monoisotopic (exact) mass is 350 g/mol. The lowest BCUT2D eigenvalue weighted by atomic mass is 9.69. The van der Waals surface area contributed by atoms with Crippen molar-refractivity contribution >= 4 is 24.3 Å². The normalized spacial score (nSPS) is 38.7. The first-order valence-electron chi connectivity index (χ1n) is 9.13. The number of ketones is 1. The van der Waals surface area contributed by atoms with Gasteiger partial charge in [-0.3, -0.25) is 4.79 Å². The summed E-state index contributed by atoms with van der Waals surface area (Å²) >= 11 is 0. The number of Topliss-reactive ketones (excluding diaryl/α,β-unsaturated/α-hetero) is 1. The third-order valence-corrected chi connectivity index (χ3v) is 10.2. The van der Waals surface area contributed by atoms with Crippen molar-refractivity contribution in [2.45, 2.75) is 32.0 Å². The van der Waals surface area contributed by atoms with E-state index in [0.29, 0.717) is 11.7 Å². The topological polar surface area (TPSA) is 26.3 Å². The van der Waals surface area contributed by atoms with Gasteiger partial charge in [0.2, 0.25) is 0 Å². The second kappa shape index (κ2) is 5.02. The molecule has 0 amide bonds. The van der Waals surface area contributed by atoms with E-state index < -0.39 is 13.3 Å². The zero-order valence-electron chi connectivity index (χ0n) is 14.7. The van der Waals surface area contributed by atoms with E-state index in [4.69, 9.17) is 4.74 Å². The molecule has 1 saturated heterocycles. The Morgan fingerprint density at radius 3 is 2.00 bits per heavy atom. The second-order valence-electron chi connectivity index (χ2n) is 8.16. The Morgan fingerprint density at radius 1 is 0.960 bits per heavy atom. The van der Waals surface area contributed by atoms with Crippen LogP contribution >= 0.6 is 7.92 Å². The maximum atomic E-state index is 13.8. The summed E-state index contributed by atoms with van der Waals surface area (Å²) in [7, 11) is -0.884. The summed E-state index contributed by atoms with van der Waals surface area (Å²) in [6.45, 7) is 5.21. The summed E-state index contributed by atoms with van der Waals surface area (Å²) in [6.07, 6.45) is 2.13. The van der Waals surface area contributed by atoms with E-state index in [-0.39, 0.29) is 10.8 Å². The van der Waals surface area contributed by atoms with Gasteiger partial charge in [-0.1, -0.05) is 74.5 Å². The van der Waals surface area contributed by atoms with E-state index in [0.717, 1.165) is 19.4 Å². The predicted molar refractivity (Wildman–Crippen MR) is 102 cm³/mol. The van der Waals surface area contributed by atoms with Crippen LogP contribution in [0.5, 0.6) is 0 Å². The van der Waals surface area contributed by atoms with Gasteiger partial charge in [0, 0.05) is 16.7 Å². The smallest absolute Gasteiger partial charge is 0.176 e. The molecule has 0 unspecified atom stereocenters. The summed E-state index contributed by atoms with van der Waals surface area (Å²) in [6, 6.07) is 21.1. The third-order valence-electron chi connectivity index (χ3n) is 7.21. The number of carbonyl (C=O) groups is 1. The summed E-state index contributed by atoms with van der Waals surface area (Å²) in [5.41, 5.74) is -0.228. The van der Waals surface area contributed by atoms with Gasteiger partial charge in [0.1, 0.15) is 0 Å². The number of hydrogen-bond acceptors (Lipinski definition) is 2. The fourth-order valence-electron chi connectivity index (χ4n) is 5.67. The Bertz CT molecular complexity index is 796. The van der Waals surface area contributed by atoms with Crippen LogP contribution in [0.3, 0.4) is 0 Å². The van der Waals surface area contributed by atoms with E-state index in [2.05, 4.69) is 62.4 Å². The first kappa shape index (κ1) is 15.7. The van der Waals surface area contributed by atoms with Crippen LogP contribution in [0.15, 0.2) is 60.7 Å². The van der Waals surface area contributed by atoms with E-state index in [9.17, 15) is 4.79 Å². The lowest BCUT2D eigenvalue weighted by molar-refractivity contribution is -0.150. The van der Waals surface area contributed by atoms with Gasteiger partial charge in [0.05, 0.1) is 6.61 Å². The SMILES string of the molecule is C[C@@]12CO[C@]3(P(c4ccccc4)c4ccccc4)C(=O)[C@@]1(C)CC[C@H]32. The van der Waals surface area contributed by atoms with E-state index in [1.54, 1.807) is 0 Å².